The van der Waals surface area contributed by atoms with Gasteiger partial charge in [-0.25, -0.2) is 14.7 Å². The first kappa shape index (κ1) is 25.2. The molecule has 0 aliphatic carbocycles. The van der Waals surface area contributed by atoms with Crippen LogP contribution in [0.25, 0.3) is 0 Å². The molecule has 1 aliphatic rings. The Kier molecular flexibility index (Phi) is 6.95. The maximum absolute atomic E-state index is 13.1. The van der Waals surface area contributed by atoms with E-state index in [1.807, 2.05) is 0 Å². The first-order valence-corrected chi connectivity index (χ1v) is 13.2. The van der Waals surface area contributed by atoms with E-state index in [0.717, 1.165) is 13.0 Å². The molecule has 0 saturated carbocycles. The van der Waals surface area contributed by atoms with E-state index in [1.165, 1.54) is 12.1 Å². The Morgan fingerprint density at radius 1 is 1.17 bits per heavy atom. The van der Waals surface area contributed by atoms with E-state index in [2.05, 4.69) is 45.7 Å². The number of nitrogens with one attached hydrogen (secondary N) is 2. The molecule has 35 heavy (non-hydrogen) atoms. The maximum Gasteiger partial charge on any atom is 0.281 e. The molecule has 4 rings (SSSR count). The highest BCUT2D eigenvalue weighted by atomic mass is 35.5. The van der Waals surface area contributed by atoms with Gasteiger partial charge in [0.15, 0.2) is 5.03 Å². The molecule has 0 bridgehead atoms. The van der Waals surface area contributed by atoms with E-state index in [1.54, 1.807) is 42.6 Å². The Balaban J connectivity index is 0.00000241. The van der Waals surface area contributed by atoms with Crippen LogP contribution in [0.3, 0.4) is 0 Å². The van der Waals surface area contributed by atoms with Gasteiger partial charge in [-0.05, 0) is 68.7 Å². The molecule has 1 aliphatic heterocycles. The van der Waals surface area contributed by atoms with Crippen molar-refractivity contribution in [2.75, 3.05) is 16.8 Å². The second-order valence-corrected chi connectivity index (χ2v) is 11.6. The van der Waals surface area contributed by atoms with Crippen molar-refractivity contribution in [1.82, 2.24) is 14.7 Å². The van der Waals surface area contributed by atoms with Crippen LogP contribution in [-0.2, 0) is 10.0 Å². The average Bonchev–Trinajstić information content (AvgIpc) is 3.07. The summed E-state index contributed by atoms with van der Waals surface area (Å²) in [5.74, 6) is 0.333. The normalized spacial score (nSPS) is 17.3. The third-order valence-electron chi connectivity index (χ3n) is 5.78. The fourth-order valence-electron chi connectivity index (χ4n) is 4.34. The predicted octanol–water partition coefficient (Wildman–Crippen LogP) is 5.76. The van der Waals surface area contributed by atoms with Crippen LogP contribution in [0, 0.1) is 5.92 Å². The third kappa shape index (κ3) is 5.52. The van der Waals surface area contributed by atoms with Crippen LogP contribution < -0.4 is 14.9 Å². The molecule has 0 radical (unpaired) electrons. The summed E-state index contributed by atoms with van der Waals surface area (Å²) in [6.07, 6.45) is 2.53. The molecule has 188 valence electrons. The largest absolute Gasteiger partial charge is 0.351 e. The van der Waals surface area contributed by atoms with Gasteiger partial charge in [-0.1, -0.05) is 36.2 Å². The van der Waals surface area contributed by atoms with E-state index in [0.29, 0.717) is 27.5 Å². The smallest absolute Gasteiger partial charge is 0.281 e. The molecule has 1 amide bonds. The van der Waals surface area contributed by atoms with Gasteiger partial charge in [0.2, 0.25) is 0 Å². The number of nitrogens with zero attached hydrogens (tertiary/aromatic N) is 3. The van der Waals surface area contributed by atoms with E-state index in [4.69, 9.17) is 23.2 Å². The maximum atomic E-state index is 13.1. The van der Waals surface area contributed by atoms with Gasteiger partial charge >= 0.3 is 0 Å². The fraction of sp³-hybridized carbons (Fsp3) is 0.292. The molecule has 3 heterocycles. The number of anilines is 3. The quantitative estimate of drug-likeness (QED) is 0.411. The molecule has 8 nitrogen and oxygen atoms in total. The van der Waals surface area contributed by atoms with Crippen molar-refractivity contribution in [2.45, 2.75) is 37.8 Å². The Hall–Kier alpha value is -2.88. The number of amides is 1. The number of carbonyl (C=O) groups is 1. The van der Waals surface area contributed by atoms with Crippen molar-refractivity contribution < 1.29 is 16.1 Å². The van der Waals surface area contributed by atoms with Crippen molar-refractivity contribution in [2.24, 2.45) is 5.92 Å². The van der Waals surface area contributed by atoms with Crippen molar-refractivity contribution in [3.8, 4) is 0 Å². The number of carbonyl (C=O) groups excluding carboxylic acids is 1. The molecule has 1 aromatic carbocycles. The lowest BCUT2D eigenvalue weighted by Gasteiger charge is -2.33. The van der Waals surface area contributed by atoms with Crippen LogP contribution >= 0.6 is 23.2 Å². The van der Waals surface area contributed by atoms with Crippen LogP contribution in [0.2, 0.25) is 10.0 Å². The number of aromatic nitrogens is 2. The molecule has 1 saturated heterocycles. The van der Waals surface area contributed by atoms with Crippen molar-refractivity contribution in [3.05, 3.63) is 70.3 Å². The number of hydrogen-bond acceptors (Lipinski definition) is 7. The van der Waals surface area contributed by atoms with Crippen molar-refractivity contribution >= 4 is 56.5 Å². The first-order chi connectivity index (χ1) is 16.5. The summed E-state index contributed by atoms with van der Waals surface area (Å²) in [4.78, 5) is 23.7. The Morgan fingerprint density at radius 2 is 1.94 bits per heavy atom. The topological polar surface area (TPSA) is 104 Å². The van der Waals surface area contributed by atoms with Crippen molar-refractivity contribution in [3.63, 3.8) is 0 Å². The molecular formula is C24H29Cl2N5O3S. The summed E-state index contributed by atoms with van der Waals surface area (Å²) >= 11 is 12.1. The number of rotatable bonds is 6. The highest BCUT2D eigenvalue weighted by Crippen LogP contribution is 2.37. The number of hydrogen-bond donors (Lipinski definition) is 2. The standard InChI is InChI=1S/C24H25Cl2N5O3S.2H2/c1-15-13-24(2,3)31(14-15)22-17(6-5-11-27-22)23(32)30-35(33,34)21-8-4-7-20(29-21)28-19-10-9-16(25)12-18(19)26;;/h4-12,15H,13-14H2,1-3H3,(H,28,29)(H,30,32);2*1H. The van der Waals surface area contributed by atoms with Gasteiger partial charge in [0.25, 0.3) is 15.9 Å². The Bertz CT molecular complexity index is 1390. The summed E-state index contributed by atoms with van der Waals surface area (Å²) in [6, 6.07) is 12.4. The van der Waals surface area contributed by atoms with Gasteiger partial charge in [-0.3, -0.25) is 4.79 Å². The van der Waals surface area contributed by atoms with E-state index < -0.39 is 15.9 Å². The molecule has 2 N–H and O–H groups in total. The zero-order chi connectivity index (χ0) is 25.4. The molecule has 2 aromatic heterocycles. The number of benzene rings is 1. The van der Waals surface area contributed by atoms with E-state index >= 15 is 0 Å². The molecule has 0 spiro atoms. The lowest BCUT2D eigenvalue weighted by Crippen LogP contribution is -2.41. The summed E-state index contributed by atoms with van der Waals surface area (Å²) in [6.45, 7) is 7.02. The van der Waals surface area contributed by atoms with E-state index in [9.17, 15) is 13.2 Å². The van der Waals surface area contributed by atoms with Crippen LogP contribution in [0.15, 0.2) is 59.8 Å². The second-order valence-electron chi connectivity index (χ2n) is 9.15. The van der Waals surface area contributed by atoms with Gasteiger partial charge in [-0.2, -0.15) is 8.42 Å². The summed E-state index contributed by atoms with van der Waals surface area (Å²) in [5, 5.41) is 3.46. The summed E-state index contributed by atoms with van der Waals surface area (Å²) in [5.41, 5.74) is 0.469. The summed E-state index contributed by atoms with van der Waals surface area (Å²) in [7, 11) is -4.27. The Morgan fingerprint density at radius 3 is 2.63 bits per heavy atom. The first-order valence-electron chi connectivity index (χ1n) is 11.0. The number of halogens is 2. The fourth-order valence-corrected chi connectivity index (χ4v) is 5.73. The molecule has 3 aromatic rings. The van der Waals surface area contributed by atoms with Gasteiger partial charge in [0, 0.05) is 26.2 Å². The van der Waals surface area contributed by atoms with Gasteiger partial charge in [0.1, 0.15) is 11.6 Å². The number of sulfonamides is 1. The van der Waals surface area contributed by atoms with Gasteiger partial charge < -0.3 is 10.2 Å². The van der Waals surface area contributed by atoms with Gasteiger partial charge in [0.05, 0.1) is 16.3 Å². The minimum absolute atomic E-state index is 0. The van der Waals surface area contributed by atoms with Crippen LogP contribution in [0.5, 0.6) is 0 Å². The zero-order valence-corrected chi connectivity index (χ0v) is 21.7. The van der Waals surface area contributed by atoms with Crippen LogP contribution in [0.1, 0.15) is 40.4 Å². The zero-order valence-electron chi connectivity index (χ0n) is 19.4. The minimum atomic E-state index is -4.27. The second kappa shape index (κ2) is 9.64. The van der Waals surface area contributed by atoms with Crippen molar-refractivity contribution in [1.29, 1.82) is 0 Å². The lowest BCUT2D eigenvalue weighted by atomic mass is 9.97. The van der Waals surface area contributed by atoms with E-state index in [-0.39, 0.29) is 24.8 Å². The Labute approximate surface area is 217 Å². The third-order valence-corrected chi connectivity index (χ3v) is 7.56. The summed E-state index contributed by atoms with van der Waals surface area (Å²) < 4.78 is 28.2. The number of pyridine rings is 2. The highest BCUT2D eigenvalue weighted by molar-refractivity contribution is 7.90. The minimum Gasteiger partial charge on any atom is -0.351 e. The van der Waals surface area contributed by atoms with Gasteiger partial charge in [-0.15, -0.1) is 0 Å². The van der Waals surface area contributed by atoms with Crippen LogP contribution in [0.4, 0.5) is 17.3 Å². The highest BCUT2D eigenvalue weighted by Gasteiger charge is 2.39. The molecule has 1 unspecified atom stereocenters. The predicted molar refractivity (Wildman–Crippen MR) is 142 cm³/mol. The molecule has 11 heteroatoms. The monoisotopic (exact) mass is 537 g/mol. The molecular weight excluding hydrogens is 509 g/mol. The lowest BCUT2D eigenvalue weighted by molar-refractivity contribution is 0.0981. The SMILES string of the molecule is CC1CN(c2ncccc2C(=O)NS(=O)(=O)c2cccc(Nc3ccc(Cl)cc3Cl)n2)C(C)(C)C1.[HH].[HH]. The molecule has 1 fully saturated rings. The average molecular weight is 539 g/mol. The van der Waals surface area contributed by atoms with Crippen LogP contribution in [-0.4, -0.2) is 36.4 Å². The molecule has 1 atom stereocenters.